The van der Waals surface area contributed by atoms with Gasteiger partial charge in [0.25, 0.3) is 0 Å². The van der Waals surface area contributed by atoms with Crippen LogP contribution in [0.5, 0.6) is 11.5 Å². The second kappa shape index (κ2) is 8.00. The van der Waals surface area contributed by atoms with Gasteiger partial charge in [-0.05, 0) is 55.3 Å². The van der Waals surface area contributed by atoms with Gasteiger partial charge in [0.2, 0.25) is 5.91 Å². The molecule has 0 spiro atoms. The Balaban J connectivity index is 1.46. The smallest absolute Gasteiger partial charge is 0.323 e. The molecule has 152 valence electrons. The van der Waals surface area contributed by atoms with Crippen LogP contribution in [0, 0.1) is 0 Å². The van der Waals surface area contributed by atoms with E-state index in [1.165, 1.54) is 0 Å². The minimum Gasteiger partial charge on any atom is -0.493 e. The van der Waals surface area contributed by atoms with E-state index in [9.17, 15) is 9.59 Å². The number of imidazole rings is 1. The zero-order chi connectivity index (χ0) is 20.4. The van der Waals surface area contributed by atoms with Crippen molar-refractivity contribution in [1.29, 1.82) is 0 Å². The molecule has 1 aliphatic heterocycles. The summed E-state index contributed by atoms with van der Waals surface area (Å²) in [6, 6.07) is 11.4. The standard InChI is InChI=1S/C21H24N4O4/c1-28-18-8-5-13(10-19(18)29-2)17-4-3-9-25(17)12-20(26)22-14-6-7-15-16(11-14)24-21(27)23-15/h5-8,10-11,17H,3-4,9,12H2,1-2H3,(H,22,26)(H2,23,24,27)/t17-/m0/s1. The number of ether oxygens (including phenoxy) is 2. The number of nitrogens with one attached hydrogen (secondary N) is 3. The number of carbonyl (C=O) groups is 1. The van der Waals surface area contributed by atoms with Gasteiger partial charge < -0.3 is 24.8 Å². The fraction of sp³-hybridized carbons (Fsp3) is 0.333. The summed E-state index contributed by atoms with van der Waals surface area (Å²) in [6.07, 6.45) is 2.02. The van der Waals surface area contributed by atoms with Crippen LogP contribution in [0.2, 0.25) is 0 Å². The highest BCUT2D eigenvalue weighted by Crippen LogP contribution is 2.36. The molecule has 2 heterocycles. The Morgan fingerprint density at radius 3 is 2.69 bits per heavy atom. The lowest BCUT2D eigenvalue weighted by atomic mass is 10.0. The Kier molecular flexibility index (Phi) is 5.26. The van der Waals surface area contributed by atoms with Crippen molar-refractivity contribution >= 4 is 22.6 Å². The summed E-state index contributed by atoms with van der Waals surface area (Å²) < 4.78 is 10.7. The highest BCUT2D eigenvalue weighted by Gasteiger charge is 2.28. The van der Waals surface area contributed by atoms with Crippen molar-refractivity contribution in [2.24, 2.45) is 0 Å². The van der Waals surface area contributed by atoms with Gasteiger partial charge in [0, 0.05) is 11.7 Å². The molecule has 0 bridgehead atoms. The van der Waals surface area contributed by atoms with Gasteiger partial charge in [-0.1, -0.05) is 6.07 Å². The van der Waals surface area contributed by atoms with Crippen LogP contribution in [0.25, 0.3) is 11.0 Å². The van der Waals surface area contributed by atoms with E-state index in [0.29, 0.717) is 34.8 Å². The van der Waals surface area contributed by atoms with Crippen LogP contribution in [-0.4, -0.2) is 48.1 Å². The molecule has 3 N–H and O–H groups in total. The maximum atomic E-state index is 12.6. The number of fused-ring (bicyclic) bond motifs is 1. The first-order valence-corrected chi connectivity index (χ1v) is 9.55. The molecule has 1 atom stereocenters. The van der Waals surface area contributed by atoms with Gasteiger partial charge in [0.05, 0.1) is 31.8 Å². The molecule has 29 heavy (non-hydrogen) atoms. The monoisotopic (exact) mass is 396 g/mol. The molecule has 8 nitrogen and oxygen atoms in total. The number of aromatic amines is 2. The lowest BCUT2D eigenvalue weighted by molar-refractivity contribution is -0.117. The average Bonchev–Trinajstić information content (AvgIpc) is 3.32. The van der Waals surface area contributed by atoms with Crippen LogP contribution in [0.15, 0.2) is 41.2 Å². The minimum atomic E-state index is -0.265. The number of carbonyl (C=O) groups excluding carboxylic acids is 1. The van der Waals surface area contributed by atoms with Gasteiger partial charge in [0.15, 0.2) is 11.5 Å². The zero-order valence-electron chi connectivity index (χ0n) is 16.5. The van der Waals surface area contributed by atoms with E-state index in [-0.39, 0.29) is 17.6 Å². The van der Waals surface area contributed by atoms with Gasteiger partial charge in [-0.3, -0.25) is 9.69 Å². The molecule has 1 saturated heterocycles. The van der Waals surface area contributed by atoms with Gasteiger partial charge in [0.1, 0.15) is 0 Å². The molecule has 8 heteroatoms. The van der Waals surface area contributed by atoms with Gasteiger partial charge in [-0.15, -0.1) is 0 Å². The summed E-state index contributed by atoms with van der Waals surface area (Å²) in [5.74, 6) is 1.29. The Morgan fingerprint density at radius 1 is 1.10 bits per heavy atom. The van der Waals surface area contributed by atoms with E-state index in [1.54, 1.807) is 32.4 Å². The number of benzene rings is 2. The SMILES string of the molecule is COc1ccc([C@@H]2CCCN2CC(=O)Nc2ccc3[nH]c(=O)[nH]c3c2)cc1OC. The van der Waals surface area contributed by atoms with Crippen LogP contribution >= 0.6 is 0 Å². The predicted octanol–water partition coefficient (Wildman–Crippen LogP) is 2.65. The molecular formula is C21H24N4O4. The number of H-pyrrole nitrogens is 2. The number of amides is 1. The van der Waals surface area contributed by atoms with Gasteiger partial charge in [-0.25, -0.2) is 4.79 Å². The molecule has 0 aliphatic carbocycles. The third-order valence-corrected chi connectivity index (χ3v) is 5.30. The lowest BCUT2D eigenvalue weighted by Gasteiger charge is -2.25. The maximum absolute atomic E-state index is 12.6. The average molecular weight is 396 g/mol. The number of hydrogen-bond acceptors (Lipinski definition) is 5. The Hall–Kier alpha value is -3.26. The fourth-order valence-electron chi connectivity index (χ4n) is 3.95. The summed E-state index contributed by atoms with van der Waals surface area (Å²) in [6.45, 7) is 1.15. The molecule has 1 aliphatic rings. The number of likely N-dealkylation sites (tertiary alicyclic amines) is 1. The molecule has 0 saturated carbocycles. The number of nitrogens with zero attached hydrogens (tertiary/aromatic N) is 1. The van der Waals surface area contributed by atoms with Gasteiger partial charge >= 0.3 is 5.69 Å². The van der Waals surface area contributed by atoms with Crippen molar-refractivity contribution in [1.82, 2.24) is 14.9 Å². The first kappa shape index (κ1) is 19.1. The third-order valence-electron chi connectivity index (χ3n) is 5.30. The van der Waals surface area contributed by atoms with Crippen molar-refractivity contribution in [3.8, 4) is 11.5 Å². The molecule has 0 unspecified atom stereocenters. The largest absolute Gasteiger partial charge is 0.493 e. The van der Waals surface area contributed by atoms with E-state index in [1.807, 2.05) is 18.2 Å². The van der Waals surface area contributed by atoms with E-state index in [0.717, 1.165) is 24.9 Å². The first-order valence-electron chi connectivity index (χ1n) is 9.55. The van der Waals surface area contributed by atoms with E-state index in [4.69, 9.17) is 9.47 Å². The molecule has 0 radical (unpaired) electrons. The molecule has 1 aromatic heterocycles. The second-order valence-corrected chi connectivity index (χ2v) is 7.13. The highest BCUT2D eigenvalue weighted by molar-refractivity contribution is 5.94. The topological polar surface area (TPSA) is 99.5 Å². The van der Waals surface area contributed by atoms with Crippen LogP contribution in [0.3, 0.4) is 0 Å². The van der Waals surface area contributed by atoms with Crippen LogP contribution in [-0.2, 0) is 4.79 Å². The number of rotatable bonds is 6. The minimum absolute atomic E-state index is 0.0883. The number of methoxy groups -OCH3 is 2. The predicted molar refractivity (Wildman–Crippen MR) is 111 cm³/mol. The summed E-state index contributed by atoms with van der Waals surface area (Å²) in [5.41, 5.74) is 2.87. The van der Waals surface area contributed by atoms with Crippen molar-refractivity contribution in [2.45, 2.75) is 18.9 Å². The Bertz CT molecular complexity index is 1090. The maximum Gasteiger partial charge on any atom is 0.323 e. The van der Waals surface area contributed by atoms with Crippen molar-refractivity contribution < 1.29 is 14.3 Å². The summed E-state index contributed by atoms with van der Waals surface area (Å²) in [7, 11) is 3.24. The number of anilines is 1. The number of hydrogen-bond donors (Lipinski definition) is 3. The summed E-state index contributed by atoms with van der Waals surface area (Å²) >= 11 is 0. The molecule has 3 aromatic rings. The molecule has 2 aromatic carbocycles. The third kappa shape index (κ3) is 3.97. The van der Waals surface area contributed by atoms with E-state index < -0.39 is 0 Å². The quantitative estimate of drug-likeness (QED) is 0.595. The summed E-state index contributed by atoms with van der Waals surface area (Å²) in [4.78, 5) is 31.6. The molecular weight excluding hydrogens is 372 g/mol. The van der Waals surface area contributed by atoms with Crippen molar-refractivity contribution in [2.75, 3.05) is 32.6 Å². The van der Waals surface area contributed by atoms with E-state index in [2.05, 4.69) is 20.2 Å². The number of aromatic nitrogens is 2. The Morgan fingerprint density at radius 2 is 1.90 bits per heavy atom. The van der Waals surface area contributed by atoms with Crippen LogP contribution < -0.4 is 20.5 Å². The second-order valence-electron chi connectivity index (χ2n) is 7.13. The van der Waals surface area contributed by atoms with Gasteiger partial charge in [-0.2, -0.15) is 0 Å². The molecule has 1 fully saturated rings. The van der Waals surface area contributed by atoms with Crippen LogP contribution in [0.1, 0.15) is 24.4 Å². The van der Waals surface area contributed by atoms with Crippen molar-refractivity contribution in [3.63, 3.8) is 0 Å². The fourth-order valence-corrected chi connectivity index (χ4v) is 3.95. The molecule has 4 rings (SSSR count). The lowest BCUT2D eigenvalue weighted by Crippen LogP contribution is -2.32. The van der Waals surface area contributed by atoms with Crippen molar-refractivity contribution in [3.05, 3.63) is 52.4 Å². The zero-order valence-corrected chi connectivity index (χ0v) is 16.5. The molecule has 1 amide bonds. The summed E-state index contributed by atoms with van der Waals surface area (Å²) in [5, 5.41) is 2.92. The van der Waals surface area contributed by atoms with E-state index >= 15 is 0 Å². The van der Waals surface area contributed by atoms with Crippen LogP contribution in [0.4, 0.5) is 5.69 Å². The Labute approximate surface area is 167 Å². The normalized spacial score (nSPS) is 16.8. The highest BCUT2D eigenvalue weighted by atomic mass is 16.5. The first-order chi connectivity index (χ1) is 14.1.